The molecule has 0 spiro atoms. The topological polar surface area (TPSA) is 35.8 Å². The molecular formula is C6H14N2. The maximum atomic E-state index is 7.91. The van der Waals surface area contributed by atoms with Gasteiger partial charge in [-0.25, -0.2) is 0 Å². The lowest BCUT2D eigenvalue weighted by atomic mass is 10.5. The van der Waals surface area contributed by atoms with Gasteiger partial charge in [-0.2, -0.15) is 5.26 Å². The molecule has 0 aromatic rings. The van der Waals surface area contributed by atoms with Gasteiger partial charge in [0.05, 0.1) is 6.07 Å². The van der Waals surface area contributed by atoms with Gasteiger partial charge in [-0.15, -0.1) is 0 Å². The minimum Gasteiger partial charge on any atom is -0.319 e. The van der Waals surface area contributed by atoms with Crippen LogP contribution in [0.2, 0.25) is 0 Å². The Bertz CT molecular complexity index is 54.0. The van der Waals surface area contributed by atoms with Crippen molar-refractivity contribution >= 4 is 0 Å². The monoisotopic (exact) mass is 114 g/mol. The van der Waals surface area contributed by atoms with Crippen molar-refractivity contribution in [3.05, 3.63) is 0 Å². The number of hydrogen-bond donors (Lipinski definition) is 1. The van der Waals surface area contributed by atoms with Gasteiger partial charge in [0, 0.05) is 13.0 Å². The average molecular weight is 114 g/mol. The van der Waals surface area contributed by atoms with E-state index in [1.54, 1.807) is 0 Å². The molecular weight excluding hydrogens is 100 g/mol. The van der Waals surface area contributed by atoms with Gasteiger partial charge in [0.2, 0.25) is 0 Å². The Morgan fingerprint density at radius 2 is 2.00 bits per heavy atom. The third-order valence-corrected chi connectivity index (χ3v) is 0.487. The van der Waals surface area contributed by atoms with E-state index in [1.807, 2.05) is 27.0 Å². The zero-order chi connectivity index (χ0) is 6.83. The first-order valence-corrected chi connectivity index (χ1v) is 2.93. The molecule has 2 heteroatoms. The maximum Gasteiger partial charge on any atom is 0.0635 e. The molecule has 0 aliphatic heterocycles. The van der Waals surface area contributed by atoms with E-state index in [0.29, 0.717) is 6.42 Å². The third kappa shape index (κ3) is 18.0. The van der Waals surface area contributed by atoms with Crippen molar-refractivity contribution in [2.75, 3.05) is 13.6 Å². The highest BCUT2D eigenvalue weighted by Crippen LogP contribution is 1.63. The summed E-state index contributed by atoms with van der Waals surface area (Å²) in [6.45, 7) is 4.80. The summed E-state index contributed by atoms with van der Waals surface area (Å²) in [6, 6.07) is 2.01. The molecule has 0 amide bonds. The highest BCUT2D eigenvalue weighted by Gasteiger charge is 1.71. The van der Waals surface area contributed by atoms with E-state index in [9.17, 15) is 0 Å². The van der Waals surface area contributed by atoms with Crippen molar-refractivity contribution in [2.24, 2.45) is 0 Å². The molecule has 0 atom stereocenters. The van der Waals surface area contributed by atoms with Crippen LogP contribution in [0.15, 0.2) is 0 Å². The Kier molecular flexibility index (Phi) is 21.0. The fraction of sp³-hybridized carbons (Fsp3) is 0.833. The molecule has 0 bridgehead atoms. The number of hydrogen-bond acceptors (Lipinski definition) is 2. The lowest BCUT2D eigenvalue weighted by Gasteiger charge is -1.82. The summed E-state index contributed by atoms with van der Waals surface area (Å²) in [5, 5.41) is 10.8. The van der Waals surface area contributed by atoms with Crippen LogP contribution in [0, 0.1) is 11.3 Å². The molecule has 0 saturated carbocycles. The minimum absolute atomic E-state index is 0.608. The molecule has 0 unspecified atom stereocenters. The van der Waals surface area contributed by atoms with Crippen LogP contribution in [-0.2, 0) is 0 Å². The van der Waals surface area contributed by atoms with Gasteiger partial charge < -0.3 is 5.32 Å². The SMILES string of the molecule is CC.CNCCC#N. The van der Waals surface area contributed by atoms with Crippen LogP contribution in [0.1, 0.15) is 20.3 Å². The van der Waals surface area contributed by atoms with Crippen LogP contribution in [0.5, 0.6) is 0 Å². The fourth-order valence-electron chi connectivity index (χ4n) is 0.181. The molecule has 0 aromatic heterocycles. The average Bonchev–Trinajstić information content (AvgIpc) is 1.88. The van der Waals surface area contributed by atoms with Crippen molar-refractivity contribution in [1.82, 2.24) is 5.32 Å². The first-order chi connectivity index (χ1) is 3.91. The second-order valence-corrected chi connectivity index (χ2v) is 1.01. The fourth-order valence-corrected chi connectivity index (χ4v) is 0.181. The second kappa shape index (κ2) is 16.1. The summed E-state index contributed by atoms with van der Waals surface area (Å²) in [5.41, 5.74) is 0. The van der Waals surface area contributed by atoms with Crippen molar-refractivity contribution in [3.8, 4) is 6.07 Å². The first-order valence-electron chi connectivity index (χ1n) is 2.93. The summed E-state index contributed by atoms with van der Waals surface area (Å²) >= 11 is 0. The molecule has 0 radical (unpaired) electrons. The predicted molar refractivity (Wildman–Crippen MR) is 35.5 cm³/mol. The second-order valence-electron chi connectivity index (χ2n) is 1.01. The largest absolute Gasteiger partial charge is 0.319 e. The van der Waals surface area contributed by atoms with Crippen LogP contribution >= 0.6 is 0 Å². The summed E-state index contributed by atoms with van der Waals surface area (Å²) in [4.78, 5) is 0. The van der Waals surface area contributed by atoms with Gasteiger partial charge in [0.15, 0.2) is 0 Å². The zero-order valence-corrected chi connectivity index (χ0v) is 5.86. The summed E-state index contributed by atoms with van der Waals surface area (Å²) < 4.78 is 0. The lowest BCUT2D eigenvalue weighted by Crippen LogP contribution is -2.05. The Hall–Kier alpha value is -0.550. The van der Waals surface area contributed by atoms with Crippen LogP contribution < -0.4 is 5.32 Å². The number of rotatable bonds is 2. The normalized spacial score (nSPS) is 6.25. The highest BCUT2D eigenvalue weighted by molar-refractivity contribution is 4.68. The van der Waals surface area contributed by atoms with E-state index >= 15 is 0 Å². The van der Waals surface area contributed by atoms with Crippen LogP contribution in [0.4, 0.5) is 0 Å². The molecule has 0 rings (SSSR count). The Morgan fingerprint density at radius 3 is 2.12 bits per heavy atom. The molecule has 1 N–H and O–H groups in total. The van der Waals surface area contributed by atoms with E-state index < -0.39 is 0 Å². The zero-order valence-electron chi connectivity index (χ0n) is 5.86. The van der Waals surface area contributed by atoms with Crippen molar-refractivity contribution in [2.45, 2.75) is 20.3 Å². The van der Waals surface area contributed by atoms with Crippen LogP contribution in [0.25, 0.3) is 0 Å². The van der Waals surface area contributed by atoms with Crippen molar-refractivity contribution in [1.29, 1.82) is 5.26 Å². The van der Waals surface area contributed by atoms with E-state index in [2.05, 4.69) is 5.32 Å². The summed E-state index contributed by atoms with van der Waals surface area (Å²) in [5.74, 6) is 0. The molecule has 0 fully saturated rings. The van der Waals surface area contributed by atoms with Crippen LogP contribution in [0.3, 0.4) is 0 Å². The molecule has 0 heterocycles. The van der Waals surface area contributed by atoms with E-state index in [1.165, 1.54) is 0 Å². The van der Waals surface area contributed by atoms with Gasteiger partial charge in [-0.3, -0.25) is 0 Å². The third-order valence-electron chi connectivity index (χ3n) is 0.487. The molecule has 0 aliphatic rings. The summed E-state index contributed by atoms with van der Waals surface area (Å²) in [6.07, 6.45) is 0.608. The standard InChI is InChI=1S/C4H8N2.C2H6/c1-6-4-2-3-5;1-2/h6H,2,4H2,1H3;1-2H3. The predicted octanol–water partition coefficient (Wildman–Crippen LogP) is 1.15. The maximum absolute atomic E-state index is 7.91. The van der Waals surface area contributed by atoms with Crippen molar-refractivity contribution in [3.63, 3.8) is 0 Å². The molecule has 0 aromatic carbocycles. The first kappa shape index (κ1) is 10.4. The van der Waals surface area contributed by atoms with Gasteiger partial charge in [-0.1, -0.05) is 13.8 Å². The Balaban J connectivity index is 0. The van der Waals surface area contributed by atoms with Gasteiger partial charge in [-0.05, 0) is 7.05 Å². The number of nitrogens with zero attached hydrogens (tertiary/aromatic N) is 1. The molecule has 0 aliphatic carbocycles. The summed E-state index contributed by atoms with van der Waals surface area (Å²) in [7, 11) is 1.83. The molecule has 0 saturated heterocycles. The lowest BCUT2D eigenvalue weighted by molar-refractivity contribution is 0.813. The molecule has 8 heavy (non-hydrogen) atoms. The van der Waals surface area contributed by atoms with Gasteiger partial charge in [0.1, 0.15) is 0 Å². The van der Waals surface area contributed by atoms with Gasteiger partial charge >= 0.3 is 0 Å². The molecule has 48 valence electrons. The smallest absolute Gasteiger partial charge is 0.0635 e. The van der Waals surface area contributed by atoms with Crippen LogP contribution in [-0.4, -0.2) is 13.6 Å². The van der Waals surface area contributed by atoms with E-state index in [4.69, 9.17) is 5.26 Å². The Labute approximate surface area is 51.5 Å². The Morgan fingerprint density at radius 1 is 1.50 bits per heavy atom. The number of nitrogens with one attached hydrogen (secondary N) is 1. The van der Waals surface area contributed by atoms with E-state index in [0.717, 1.165) is 6.54 Å². The number of nitriles is 1. The van der Waals surface area contributed by atoms with Gasteiger partial charge in [0.25, 0.3) is 0 Å². The van der Waals surface area contributed by atoms with E-state index in [-0.39, 0.29) is 0 Å². The molecule has 2 nitrogen and oxygen atoms in total. The quantitative estimate of drug-likeness (QED) is 0.546. The minimum atomic E-state index is 0.608. The van der Waals surface area contributed by atoms with Crippen molar-refractivity contribution < 1.29 is 0 Å². The highest BCUT2D eigenvalue weighted by atomic mass is 14.8.